The molecule has 2 aromatic carbocycles. The summed E-state index contributed by atoms with van der Waals surface area (Å²) < 4.78 is 25.4. The van der Waals surface area contributed by atoms with Gasteiger partial charge in [0.25, 0.3) is 5.91 Å². The van der Waals surface area contributed by atoms with Crippen LogP contribution in [-0.4, -0.2) is 32.7 Å². The Labute approximate surface area is 147 Å². The maximum atomic E-state index is 12.4. The predicted octanol–water partition coefficient (Wildman–Crippen LogP) is 3.08. The predicted molar refractivity (Wildman–Crippen MR) is 94.6 cm³/mol. The highest BCUT2D eigenvalue weighted by molar-refractivity contribution is 7.89. The third-order valence-corrected chi connectivity index (χ3v) is 5.66. The SMILES string of the molecule is C[C@@H](NC(=O)c1cccc(S(=O)(=O)N(C)C)c1)c1ccc(Cl)cc1. The van der Waals surface area contributed by atoms with Crippen LogP contribution in [0.1, 0.15) is 28.9 Å². The van der Waals surface area contributed by atoms with E-state index in [1.165, 1.54) is 26.2 Å². The van der Waals surface area contributed by atoms with Crippen LogP contribution >= 0.6 is 11.6 Å². The first-order valence-electron chi connectivity index (χ1n) is 7.31. The van der Waals surface area contributed by atoms with Crippen molar-refractivity contribution in [1.82, 2.24) is 9.62 Å². The van der Waals surface area contributed by atoms with Crippen molar-refractivity contribution in [3.63, 3.8) is 0 Å². The number of halogens is 1. The molecule has 0 aromatic heterocycles. The Balaban J connectivity index is 2.20. The van der Waals surface area contributed by atoms with Gasteiger partial charge in [-0.2, -0.15) is 0 Å². The second-order valence-electron chi connectivity index (χ2n) is 5.56. The molecule has 128 valence electrons. The Morgan fingerprint density at radius 3 is 2.33 bits per heavy atom. The summed E-state index contributed by atoms with van der Waals surface area (Å²) in [5.41, 5.74) is 1.20. The van der Waals surface area contributed by atoms with Crippen molar-refractivity contribution in [1.29, 1.82) is 0 Å². The molecular weight excluding hydrogens is 348 g/mol. The van der Waals surface area contributed by atoms with Crippen LogP contribution in [0.5, 0.6) is 0 Å². The molecule has 5 nitrogen and oxygen atoms in total. The zero-order chi connectivity index (χ0) is 17.9. The Hall–Kier alpha value is -1.89. The molecule has 2 rings (SSSR count). The molecule has 2 aromatic rings. The van der Waals surface area contributed by atoms with Gasteiger partial charge < -0.3 is 5.32 Å². The van der Waals surface area contributed by atoms with Gasteiger partial charge in [-0.25, -0.2) is 12.7 Å². The second kappa shape index (κ2) is 7.34. The third kappa shape index (κ3) is 4.14. The van der Waals surface area contributed by atoms with Crippen LogP contribution in [-0.2, 0) is 10.0 Å². The molecule has 0 saturated heterocycles. The molecular formula is C17H19ClN2O3S. The summed E-state index contributed by atoms with van der Waals surface area (Å²) in [7, 11) is -0.681. The fourth-order valence-electron chi connectivity index (χ4n) is 2.12. The van der Waals surface area contributed by atoms with Crippen LogP contribution in [0.2, 0.25) is 5.02 Å². The molecule has 1 atom stereocenters. The molecule has 0 saturated carbocycles. The van der Waals surface area contributed by atoms with E-state index in [4.69, 9.17) is 11.6 Å². The monoisotopic (exact) mass is 366 g/mol. The molecule has 0 unspecified atom stereocenters. The zero-order valence-corrected chi connectivity index (χ0v) is 15.2. The minimum atomic E-state index is -3.58. The standard InChI is InChI=1S/C17H19ClN2O3S/c1-12(13-7-9-15(18)10-8-13)19-17(21)14-5-4-6-16(11-14)24(22,23)20(2)3/h4-12H,1-3H3,(H,19,21)/t12-/m1/s1. The summed E-state index contributed by atoms with van der Waals surface area (Å²) in [6.45, 7) is 1.85. The van der Waals surface area contributed by atoms with Crippen LogP contribution in [0.25, 0.3) is 0 Å². The molecule has 0 aliphatic rings. The maximum absolute atomic E-state index is 12.4. The van der Waals surface area contributed by atoms with Crippen LogP contribution in [0.15, 0.2) is 53.4 Å². The van der Waals surface area contributed by atoms with Crippen molar-refractivity contribution >= 4 is 27.5 Å². The van der Waals surface area contributed by atoms with Gasteiger partial charge in [0.15, 0.2) is 0 Å². The first-order chi connectivity index (χ1) is 11.2. The lowest BCUT2D eigenvalue weighted by atomic mass is 10.1. The summed E-state index contributed by atoms with van der Waals surface area (Å²) in [4.78, 5) is 12.5. The van der Waals surface area contributed by atoms with E-state index in [-0.39, 0.29) is 16.8 Å². The number of hydrogen-bond donors (Lipinski definition) is 1. The van der Waals surface area contributed by atoms with E-state index in [1.807, 2.05) is 19.1 Å². The molecule has 24 heavy (non-hydrogen) atoms. The Morgan fingerprint density at radius 2 is 1.75 bits per heavy atom. The molecule has 0 radical (unpaired) electrons. The van der Waals surface area contributed by atoms with Crippen molar-refractivity contribution in [2.75, 3.05) is 14.1 Å². The maximum Gasteiger partial charge on any atom is 0.251 e. The number of sulfonamides is 1. The fraction of sp³-hybridized carbons (Fsp3) is 0.235. The lowest BCUT2D eigenvalue weighted by molar-refractivity contribution is 0.0939. The summed E-state index contributed by atoms with van der Waals surface area (Å²) >= 11 is 5.86. The number of rotatable bonds is 5. The van der Waals surface area contributed by atoms with Gasteiger partial charge in [-0.05, 0) is 42.8 Å². The number of carbonyl (C=O) groups is 1. The normalized spacial score (nSPS) is 12.9. The van der Waals surface area contributed by atoms with E-state index in [9.17, 15) is 13.2 Å². The number of nitrogens with zero attached hydrogens (tertiary/aromatic N) is 1. The van der Waals surface area contributed by atoms with Crippen molar-refractivity contribution in [3.8, 4) is 0 Å². The van der Waals surface area contributed by atoms with Crippen molar-refractivity contribution in [3.05, 3.63) is 64.7 Å². The van der Waals surface area contributed by atoms with E-state index in [0.717, 1.165) is 9.87 Å². The van der Waals surface area contributed by atoms with E-state index in [1.54, 1.807) is 24.3 Å². The van der Waals surface area contributed by atoms with Gasteiger partial charge >= 0.3 is 0 Å². The fourth-order valence-corrected chi connectivity index (χ4v) is 3.20. The van der Waals surface area contributed by atoms with Gasteiger partial charge in [0.05, 0.1) is 10.9 Å². The van der Waals surface area contributed by atoms with E-state index in [0.29, 0.717) is 10.6 Å². The lowest BCUT2D eigenvalue weighted by Gasteiger charge is -2.16. The summed E-state index contributed by atoms with van der Waals surface area (Å²) in [6.07, 6.45) is 0. The average Bonchev–Trinajstić information content (AvgIpc) is 2.55. The lowest BCUT2D eigenvalue weighted by Crippen LogP contribution is -2.27. The van der Waals surface area contributed by atoms with Crippen molar-refractivity contribution in [2.45, 2.75) is 17.9 Å². The summed E-state index contributed by atoms with van der Waals surface area (Å²) in [6, 6.07) is 12.9. The topological polar surface area (TPSA) is 66.5 Å². The van der Waals surface area contributed by atoms with Crippen LogP contribution in [0.4, 0.5) is 0 Å². The van der Waals surface area contributed by atoms with Crippen LogP contribution in [0.3, 0.4) is 0 Å². The summed E-state index contributed by atoms with van der Waals surface area (Å²) in [5, 5.41) is 3.47. The Morgan fingerprint density at radius 1 is 1.12 bits per heavy atom. The van der Waals surface area contributed by atoms with Gasteiger partial charge in [-0.3, -0.25) is 4.79 Å². The molecule has 1 amide bonds. The highest BCUT2D eigenvalue weighted by Gasteiger charge is 2.19. The molecule has 7 heteroatoms. The molecule has 0 spiro atoms. The highest BCUT2D eigenvalue weighted by Crippen LogP contribution is 2.18. The first-order valence-corrected chi connectivity index (χ1v) is 9.12. The van der Waals surface area contributed by atoms with Crippen LogP contribution < -0.4 is 5.32 Å². The molecule has 0 aliphatic heterocycles. The highest BCUT2D eigenvalue weighted by atomic mass is 35.5. The van der Waals surface area contributed by atoms with Crippen molar-refractivity contribution < 1.29 is 13.2 Å². The Bertz CT molecular complexity index is 833. The van der Waals surface area contributed by atoms with Gasteiger partial charge in [0.1, 0.15) is 0 Å². The Kier molecular flexibility index (Phi) is 5.64. The van der Waals surface area contributed by atoms with Gasteiger partial charge in [0, 0.05) is 24.7 Å². The molecule has 0 bridgehead atoms. The quantitative estimate of drug-likeness (QED) is 0.884. The minimum Gasteiger partial charge on any atom is -0.346 e. The van der Waals surface area contributed by atoms with Crippen molar-refractivity contribution in [2.24, 2.45) is 0 Å². The average molecular weight is 367 g/mol. The molecule has 0 heterocycles. The van der Waals surface area contributed by atoms with E-state index < -0.39 is 10.0 Å². The largest absolute Gasteiger partial charge is 0.346 e. The summed E-state index contributed by atoms with van der Waals surface area (Å²) in [5.74, 6) is -0.340. The minimum absolute atomic E-state index is 0.0827. The number of hydrogen-bond acceptors (Lipinski definition) is 3. The number of carbonyl (C=O) groups excluding carboxylic acids is 1. The first kappa shape index (κ1) is 18.4. The second-order valence-corrected chi connectivity index (χ2v) is 8.15. The molecule has 1 N–H and O–H groups in total. The van der Waals surface area contributed by atoms with E-state index >= 15 is 0 Å². The zero-order valence-electron chi connectivity index (χ0n) is 13.7. The number of benzene rings is 2. The number of nitrogens with one attached hydrogen (secondary N) is 1. The molecule has 0 fully saturated rings. The number of amides is 1. The van der Waals surface area contributed by atoms with E-state index in [2.05, 4.69) is 5.32 Å². The smallest absolute Gasteiger partial charge is 0.251 e. The van der Waals surface area contributed by atoms with Crippen LogP contribution in [0, 0.1) is 0 Å². The third-order valence-electron chi connectivity index (χ3n) is 3.59. The van der Waals surface area contributed by atoms with Gasteiger partial charge in [-0.15, -0.1) is 0 Å². The van der Waals surface area contributed by atoms with Gasteiger partial charge in [0.2, 0.25) is 10.0 Å². The molecule has 0 aliphatic carbocycles. The van der Waals surface area contributed by atoms with Gasteiger partial charge in [-0.1, -0.05) is 29.8 Å².